The van der Waals surface area contributed by atoms with Crippen molar-refractivity contribution in [2.45, 2.75) is 51.2 Å². The van der Waals surface area contributed by atoms with Crippen LogP contribution in [0.4, 0.5) is 4.79 Å². The van der Waals surface area contributed by atoms with Gasteiger partial charge in [-0.25, -0.2) is 0 Å². The second-order valence-electron chi connectivity index (χ2n) is 9.24. The maximum absolute atomic E-state index is 11.9. The molecule has 0 saturated carbocycles. The lowest BCUT2D eigenvalue weighted by molar-refractivity contribution is -0.119. The van der Waals surface area contributed by atoms with Gasteiger partial charge in [0.15, 0.2) is 0 Å². The van der Waals surface area contributed by atoms with Gasteiger partial charge in [0.25, 0.3) is 5.24 Å². The number of hydrogen-bond acceptors (Lipinski definition) is 6. The average Bonchev–Trinajstić information content (AvgIpc) is 3.23. The molecule has 1 atom stereocenters. The Morgan fingerprint density at radius 1 is 0.892 bits per heavy atom. The molecule has 1 aliphatic rings. The second kappa shape index (κ2) is 12.7. The molecule has 0 spiro atoms. The summed E-state index contributed by atoms with van der Waals surface area (Å²) in [7, 11) is 0. The van der Waals surface area contributed by atoms with Crippen molar-refractivity contribution in [1.82, 2.24) is 5.32 Å². The van der Waals surface area contributed by atoms with Crippen molar-refractivity contribution in [2.75, 3.05) is 13.2 Å². The Labute approximate surface area is 222 Å². The van der Waals surface area contributed by atoms with E-state index >= 15 is 0 Å². The van der Waals surface area contributed by atoms with E-state index in [0.717, 1.165) is 53.0 Å². The third-order valence-electron chi connectivity index (χ3n) is 6.00. The Bertz CT molecular complexity index is 1220. The smallest absolute Gasteiger partial charge is 0.286 e. The van der Waals surface area contributed by atoms with E-state index in [4.69, 9.17) is 14.2 Å². The molecule has 1 saturated heterocycles. The first-order valence-electron chi connectivity index (χ1n) is 12.7. The average molecular weight is 520 g/mol. The number of hydrogen-bond donors (Lipinski definition) is 1. The largest absolute Gasteiger partial charge is 0.493 e. The fourth-order valence-corrected chi connectivity index (χ4v) is 4.88. The standard InChI is InChI=1S/C30H33NO5S/c1-4-7-22-18-26(36-24-12-10-21(11-13-24)20(2)3)14-15-27(22)35-17-6-16-34-25-9-5-8-23(19-25)28-29(32)31-30(33)37-28/h5,8-15,18-20,28H,4,6-7,16-17H2,1-3H3,(H,31,32,33)/t28-/m1/s1. The summed E-state index contributed by atoms with van der Waals surface area (Å²) in [5.41, 5.74) is 3.16. The van der Waals surface area contributed by atoms with Crippen molar-refractivity contribution in [3.05, 3.63) is 83.4 Å². The highest BCUT2D eigenvalue weighted by molar-refractivity contribution is 8.15. The molecule has 194 valence electrons. The van der Waals surface area contributed by atoms with Gasteiger partial charge in [-0.1, -0.05) is 51.5 Å². The molecule has 0 bridgehead atoms. The molecular formula is C30H33NO5S. The van der Waals surface area contributed by atoms with Gasteiger partial charge in [0.1, 0.15) is 28.2 Å². The van der Waals surface area contributed by atoms with Crippen molar-refractivity contribution < 1.29 is 23.8 Å². The van der Waals surface area contributed by atoms with Crippen LogP contribution in [0.25, 0.3) is 0 Å². The van der Waals surface area contributed by atoms with E-state index in [0.29, 0.717) is 31.3 Å². The number of carbonyl (C=O) groups excluding carboxylic acids is 2. The van der Waals surface area contributed by atoms with Crippen LogP contribution in [0.3, 0.4) is 0 Å². The first-order chi connectivity index (χ1) is 17.9. The molecule has 6 nitrogen and oxygen atoms in total. The normalized spacial score (nSPS) is 15.1. The SMILES string of the molecule is CCCc1cc(Oc2ccc(C(C)C)cc2)ccc1OCCCOc1cccc([C@H]2SC(=O)NC2=O)c1. The fraction of sp³-hybridized carbons (Fsp3) is 0.333. The van der Waals surface area contributed by atoms with E-state index in [9.17, 15) is 9.59 Å². The molecule has 2 amide bonds. The summed E-state index contributed by atoms with van der Waals surface area (Å²) < 4.78 is 18.0. The number of ether oxygens (including phenoxy) is 3. The van der Waals surface area contributed by atoms with Gasteiger partial charge >= 0.3 is 0 Å². The zero-order valence-electron chi connectivity index (χ0n) is 21.5. The Kier molecular flexibility index (Phi) is 9.12. The molecule has 37 heavy (non-hydrogen) atoms. The minimum absolute atomic E-state index is 0.288. The summed E-state index contributed by atoms with van der Waals surface area (Å²) in [6.45, 7) is 7.49. The third kappa shape index (κ3) is 7.29. The Morgan fingerprint density at radius 3 is 2.35 bits per heavy atom. The van der Waals surface area contributed by atoms with Gasteiger partial charge in [-0.2, -0.15) is 0 Å². The Hall–Kier alpha value is -3.45. The van der Waals surface area contributed by atoms with Crippen LogP contribution in [0.5, 0.6) is 23.0 Å². The molecule has 3 aromatic rings. The summed E-state index contributed by atoms with van der Waals surface area (Å²) in [5.74, 6) is 3.35. The summed E-state index contributed by atoms with van der Waals surface area (Å²) in [4.78, 5) is 23.4. The number of thioether (sulfide) groups is 1. The van der Waals surface area contributed by atoms with Crippen molar-refractivity contribution in [1.29, 1.82) is 0 Å². The molecule has 0 radical (unpaired) electrons. The number of imide groups is 1. The summed E-state index contributed by atoms with van der Waals surface area (Å²) in [5, 5.41) is 1.47. The second-order valence-corrected chi connectivity index (χ2v) is 10.3. The highest BCUT2D eigenvalue weighted by atomic mass is 32.2. The molecule has 0 aromatic heterocycles. The zero-order valence-corrected chi connectivity index (χ0v) is 22.3. The molecule has 1 aliphatic heterocycles. The van der Waals surface area contributed by atoms with Gasteiger partial charge in [0.2, 0.25) is 5.91 Å². The van der Waals surface area contributed by atoms with E-state index in [1.165, 1.54) is 5.56 Å². The number of amides is 2. The Morgan fingerprint density at radius 2 is 1.65 bits per heavy atom. The predicted molar refractivity (Wildman–Crippen MR) is 147 cm³/mol. The lowest BCUT2D eigenvalue weighted by atomic mass is 10.0. The van der Waals surface area contributed by atoms with Crippen LogP contribution in [0.15, 0.2) is 66.7 Å². The summed E-state index contributed by atoms with van der Waals surface area (Å²) >= 11 is 0.989. The van der Waals surface area contributed by atoms with E-state index in [2.05, 4.69) is 44.3 Å². The number of aryl methyl sites for hydroxylation is 1. The number of rotatable bonds is 12. The molecule has 0 unspecified atom stereocenters. The first kappa shape index (κ1) is 26.6. The molecule has 3 aromatic carbocycles. The van der Waals surface area contributed by atoms with Gasteiger partial charge in [-0.15, -0.1) is 0 Å². The Balaban J connectivity index is 1.28. The maximum atomic E-state index is 11.9. The zero-order chi connectivity index (χ0) is 26.2. The first-order valence-corrected chi connectivity index (χ1v) is 13.6. The van der Waals surface area contributed by atoms with Gasteiger partial charge < -0.3 is 14.2 Å². The van der Waals surface area contributed by atoms with Crippen molar-refractivity contribution in [2.24, 2.45) is 0 Å². The van der Waals surface area contributed by atoms with Gasteiger partial charge in [0, 0.05) is 6.42 Å². The van der Waals surface area contributed by atoms with Gasteiger partial charge in [-0.3, -0.25) is 14.9 Å². The minimum atomic E-state index is -0.525. The van der Waals surface area contributed by atoms with Crippen molar-refractivity contribution in [3.8, 4) is 23.0 Å². The highest BCUT2D eigenvalue weighted by Crippen LogP contribution is 2.35. The van der Waals surface area contributed by atoms with Crippen LogP contribution in [0, 0.1) is 0 Å². The number of nitrogens with one attached hydrogen (secondary N) is 1. The van der Waals surface area contributed by atoms with E-state index in [1.807, 2.05) is 48.5 Å². The predicted octanol–water partition coefficient (Wildman–Crippen LogP) is 7.43. The molecular weight excluding hydrogens is 486 g/mol. The highest BCUT2D eigenvalue weighted by Gasteiger charge is 2.33. The van der Waals surface area contributed by atoms with Gasteiger partial charge in [-0.05, 0) is 83.3 Å². The van der Waals surface area contributed by atoms with Gasteiger partial charge in [0.05, 0.1) is 13.2 Å². The molecule has 1 N–H and O–H groups in total. The molecule has 1 fully saturated rings. The van der Waals surface area contributed by atoms with E-state index in [1.54, 1.807) is 0 Å². The lowest BCUT2D eigenvalue weighted by Gasteiger charge is -2.14. The molecule has 0 aliphatic carbocycles. The number of benzene rings is 3. The molecule has 4 rings (SSSR count). The van der Waals surface area contributed by atoms with Crippen molar-refractivity contribution >= 4 is 22.9 Å². The van der Waals surface area contributed by atoms with Crippen LogP contribution in [-0.4, -0.2) is 24.4 Å². The topological polar surface area (TPSA) is 73.9 Å². The minimum Gasteiger partial charge on any atom is -0.493 e. The number of carbonyl (C=O) groups is 2. The quantitative estimate of drug-likeness (QED) is 0.251. The summed E-state index contributed by atoms with van der Waals surface area (Å²) in [6.07, 6.45) is 2.61. The summed E-state index contributed by atoms with van der Waals surface area (Å²) in [6, 6.07) is 21.5. The molecule has 1 heterocycles. The van der Waals surface area contributed by atoms with Crippen LogP contribution in [-0.2, 0) is 11.2 Å². The van der Waals surface area contributed by atoms with Crippen LogP contribution in [0.2, 0.25) is 0 Å². The van der Waals surface area contributed by atoms with E-state index < -0.39 is 5.25 Å². The lowest BCUT2D eigenvalue weighted by Crippen LogP contribution is -2.20. The van der Waals surface area contributed by atoms with Crippen LogP contribution >= 0.6 is 11.8 Å². The fourth-order valence-electron chi connectivity index (χ4n) is 4.06. The monoisotopic (exact) mass is 519 g/mol. The molecule has 7 heteroatoms. The van der Waals surface area contributed by atoms with Crippen LogP contribution in [0.1, 0.15) is 61.5 Å². The third-order valence-corrected chi connectivity index (χ3v) is 7.04. The van der Waals surface area contributed by atoms with Crippen molar-refractivity contribution in [3.63, 3.8) is 0 Å². The maximum Gasteiger partial charge on any atom is 0.286 e. The van der Waals surface area contributed by atoms with E-state index in [-0.39, 0.29) is 11.1 Å². The van der Waals surface area contributed by atoms with Crippen LogP contribution < -0.4 is 19.5 Å².